The highest BCUT2D eigenvalue weighted by Gasteiger charge is 2.28. The number of nitrogens with zero attached hydrogens (tertiary/aromatic N) is 2. The van der Waals surface area contributed by atoms with Crippen LogP contribution in [0.2, 0.25) is 0 Å². The van der Waals surface area contributed by atoms with Gasteiger partial charge in [-0.05, 0) is 48.1 Å². The Kier molecular flexibility index (Phi) is 5.16. The van der Waals surface area contributed by atoms with Crippen LogP contribution in [0.3, 0.4) is 0 Å². The molecule has 2 aliphatic heterocycles. The summed E-state index contributed by atoms with van der Waals surface area (Å²) in [6, 6.07) is 9.99. The Balaban J connectivity index is 1.53. The maximum absolute atomic E-state index is 12.9. The zero-order chi connectivity index (χ0) is 18.1. The number of hydrogen-bond acceptors (Lipinski definition) is 5. The molecule has 0 bridgehead atoms. The normalized spacial score (nSPS) is 22.3. The van der Waals surface area contributed by atoms with Gasteiger partial charge in [-0.1, -0.05) is 12.1 Å². The fourth-order valence-corrected chi connectivity index (χ4v) is 6.19. The monoisotopic (exact) mass is 392 g/mol. The molecule has 26 heavy (non-hydrogen) atoms. The van der Waals surface area contributed by atoms with Gasteiger partial charge in [0, 0.05) is 37.1 Å². The zero-order valence-electron chi connectivity index (χ0n) is 14.9. The fourth-order valence-electron chi connectivity index (χ4n) is 3.75. The average molecular weight is 393 g/mol. The zero-order valence-corrected chi connectivity index (χ0v) is 16.6. The van der Waals surface area contributed by atoms with Crippen molar-refractivity contribution in [3.8, 4) is 0 Å². The van der Waals surface area contributed by atoms with Crippen molar-refractivity contribution < 1.29 is 13.2 Å². The Labute approximate surface area is 159 Å². The molecule has 1 saturated heterocycles. The molecule has 0 aliphatic carbocycles. The number of morpholine rings is 1. The Morgan fingerprint density at radius 1 is 1.19 bits per heavy atom. The van der Waals surface area contributed by atoms with Crippen LogP contribution < -0.4 is 0 Å². The van der Waals surface area contributed by atoms with E-state index in [1.54, 1.807) is 6.07 Å². The number of fused-ring (bicyclic) bond motifs is 1. The first kappa shape index (κ1) is 18.1. The molecule has 0 radical (unpaired) electrons. The lowest BCUT2D eigenvalue weighted by atomic mass is 10.0. The third-order valence-corrected chi connectivity index (χ3v) is 8.19. The molecule has 1 fully saturated rings. The lowest BCUT2D eigenvalue weighted by Gasteiger charge is -2.33. The molecule has 3 heterocycles. The summed E-state index contributed by atoms with van der Waals surface area (Å²) < 4.78 is 32.6. The smallest absolute Gasteiger partial charge is 0.243 e. The van der Waals surface area contributed by atoms with Crippen molar-refractivity contribution in [1.82, 2.24) is 9.21 Å². The van der Waals surface area contributed by atoms with Crippen LogP contribution in [0.25, 0.3) is 0 Å². The maximum atomic E-state index is 12.9. The first-order valence-electron chi connectivity index (χ1n) is 9.03. The van der Waals surface area contributed by atoms with Crippen molar-refractivity contribution in [2.24, 2.45) is 0 Å². The van der Waals surface area contributed by atoms with E-state index < -0.39 is 10.0 Å². The molecule has 5 nitrogen and oxygen atoms in total. The van der Waals surface area contributed by atoms with Gasteiger partial charge in [-0.2, -0.15) is 4.31 Å². The van der Waals surface area contributed by atoms with Crippen LogP contribution in [0.5, 0.6) is 0 Å². The van der Waals surface area contributed by atoms with Gasteiger partial charge in [0.15, 0.2) is 0 Å². The summed E-state index contributed by atoms with van der Waals surface area (Å²) in [4.78, 5) is 4.30. The molecule has 1 aromatic heterocycles. The Hall–Kier alpha value is -1.25. The third kappa shape index (κ3) is 3.46. The van der Waals surface area contributed by atoms with Crippen LogP contribution in [-0.2, 0) is 27.7 Å². The van der Waals surface area contributed by atoms with Crippen LogP contribution in [0.1, 0.15) is 29.0 Å². The van der Waals surface area contributed by atoms with E-state index in [4.69, 9.17) is 4.74 Å². The second kappa shape index (κ2) is 7.40. The molecule has 1 atom stereocenters. The first-order chi connectivity index (χ1) is 12.6. The summed E-state index contributed by atoms with van der Waals surface area (Å²) in [5, 5.41) is 2.17. The summed E-state index contributed by atoms with van der Waals surface area (Å²) in [7, 11) is -3.44. The molecule has 0 N–H and O–H groups in total. The standard InChI is InChI=1S/C19H24N2O3S2/c1-15-18-6-12-25-19(18)5-7-20(15)14-16-3-2-4-17(13-16)26(22,23)21-8-10-24-11-9-21/h2-4,6,12-13,15H,5,7-11,14H2,1H3. The van der Waals surface area contributed by atoms with Gasteiger partial charge in [0.25, 0.3) is 0 Å². The van der Waals surface area contributed by atoms with Crippen LogP contribution in [0, 0.1) is 0 Å². The molecule has 2 aliphatic rings. The molecule has 1 aromatic carbocycles. The summed E-state index contributed by atoms with van der Waals surface area (Å²) in [6.45, 7) is 5.80. The molecule has 2 aromatic rings. The van der Waals surface area contributed by atoms with Gasteiger partial charge in [-0.15, -0.1) is 11.3 Å². The van der Waals surface area contributed by atoms with Crippen molar-refractivity contribution in [3.63, 3.8) is 0 Å². The van der Waals surface area contributed by atoms with E-state index in [2.05, 4.69) is 23.3 Å². The number of sulfonamides is 1. The van der Waals surface area contributed by atoms with Gasteiger partial charge in [-0.3, -0.25) is 4.90 Å². The van der Waals surface area contributed by atoms with Crippen molar-refractivity contribution in [3.05, 3.63) is 51.7 Å². The predicted molar refractivity (Wildman–Crippen MR) is 103 cm³/mol. The van der Waals surface area contributed by atoms with Crippen LogP contribution in [0.4, 0.5) is 0 Å². The minimum absolute atomic E-state index is 0.365. The van der Waals surface area contributed by atoms with Crippen LogP contribution >= 0.6 is 11.3 Å². The fraction of sp³-hybridized carbons (Fsp3) is 0.474. The Morgan fingerprint density at radius 2 is 2.00 bits per heavy atom. The van der Waals surface area contributed by atoms with E-state index in [0.29, 0.717) is 37.2 Å². The molecule has 4 rings (SSSR count). The van der Waals surface area contributed by atoms with Gasteiger partial charge in [0.2, 0.25) is 10.0 Å². The summed E-state index contributed by atoms with van der Waals surface area (Å²) in [5.41, 5.74) is 2.46. The maximum Gasteiger partial charge on any atom is 0.243 e. The molecule has 7 heteroatoms. The topological polar surface area (TPSA) is 49.9 Å². The highest BCUT2D eigenvalue weighted by Crippen LogP contribution is 2.33. The van der Waals surface area contributed by atoms with Crippen molar-refractivity contribution in [1.29, 1.82) is 0 Å². The van der Waals surface area contributed by atoms with Gasteiger partial charge in [-0.25, -0.2) is 8.42 Å². The predicted octanol–water partition coefficient (Wildman–Crippen LogP) is 2.89. The highest BCUT2D eigenvalue weighted by atomic mass is 32.2. The highest BCUT2D eigenvalue weighted by molar-refractivity contribution is 7.89. The summed E-state index contributed by atoms with van der Waals surface area (Å²) >= 11 is 1.84. The van der Waals surface area contributed by atoms with Gasteiger partial charge >= 0.3 is 0 Å². The molecule has 140 valence electrons. The second-order valence-corrected chi connectivity index (χ2v) is 9.80. The Bertz CT molecular complexity index is 872. The first-order valence-corrected chi connectivity index (χ1v) is 11.3. The summed E-state index contributed by atoms with van der Waals surface area (Å²) in [6.07, 6.45) is 1.07. The van der Waals surface area contributed by atoms with E-state index >= 15 is 0 Å². The van der Waals surface area contributed by atoms with Gasteiger partial charge < -0.3 is 4.74 Å². The summed E-state index contributed by atoms with van der Waals surface area (Å²) in [5.74, 6) is 0. The number of ether oxygens (including phenoxy) is 1. The lowest BCUT2D eigenvalue weighted by Crippen LogP contribution is -2.40. The van der Waals surface area contributed by atoms with Crippen LogP contribution in [-0.4, -0.2) is 50.5 Å². The van der Waals surface area contributed by atoms with Crippen molar-refractivity contribution in [2.75, 3.05) is 32.8 Å². The molecule has 1 unspecified atom stereocenters. The number of benzene rings is 1. The van der Waals surface area contributed by atoms with Crippen molar-refractivity contribution >= 4 is 21.4 Å². The van der Waals surface area contributed by atoms with E-state index in [0.717, 1.165) is 25.1 Å². The number of thiophene rings is 1. The quantitative estimate of drug-likeness (QED) is 0.803. The second-order valence-electron chi connectivity index (χ2n) is 6.86. The number of hydrogen-bond donors (Lipinski definition) is 0. The molecule has 0 amide bonds. The molecule has 0 spiro atoms. The SMILES string of the molecule is CC1c2ccsc2CCN1Cc1cccc(S(=O)(=O)N2CCOCC2)c1. The minimum atomic E-state index is -3.44. The van der Waals surface area contributed by atoms with Crippen molar-refractivity contribution in [2.45, 2.75) is 30.8 Å². The molecule has 0 saturated carbocycles. The van der Waals surface area contributed by atoms with Crippen LogP contribution in [0.15, 0.2) is 40.6 Å². The molecular formula is C19H24N2O3S2. The van der Waals surface area contributed by atoms with Gasteiger partial charge in [0.1, 0.15) is 0 Å². The van der Waals surface area contributed by atoms with Gasteiger partial charge in [0.05, 0.1) is 18.1 Å². The average Bonchev–Trinajstić information content (AvgIpc) is 3.15. The van der Waals surface area contributed by atoms with E-state index in [9.17, 15) is 8.42 Å². The lowest BCUT2D eigenvalue weighted by molar-refractivity contribution is 0.0730. The Morgan fingerprint density at radius 3 is 2.81 bits per heavy atom. The number of rotatable bonds is 4. The van der Waals surface area contributed by atoms with E-state index in [1.807, 2.05) is 29.5 Å². The molecular weight excluding hydrogens is 368 g/mol. The van der Waals surface area contributed by atoms with E-state index in [1.165, 1.54) is 14.7 Å². The van der Waals surface area contributed by atoms with E-state index in [-0.39, 0.29) is 0 Å². The largest absolute Gasteiger partial charge is 0.379 e. The minimum Gasteiger partial charge on any atom is -0.379 e. The third-order valence-electron chi connectivity index (χ3n) is 5.30.